The highest BCUT2D eigenvalue weighted by atomic mass is 16.2. The molecule has 2 amide bonds. The lowest BCUT2D eigenvalue weighted by Gasteiger charge is -2.29. The molecule has 1 aromatic heterocycles. The highest BCUT2D eigenvalue weighted by molar-refractivity contribution is 6.00. The van der Waals surface area contributed by atoms with Gasteiger partial charge >= 0.3 is 6.03 Å². The fraction of sp³-hybridized carbons (Fsp3) is 0.333. The molecule has 2 heterocycles. The molecule has 0 radical (unpaired) electrons. The molecule has 0 unspecified atom stereocenters. The summed E-state index contributed by atoms with van der Waals surface area (Å²) in [6.07, 6.45) is 2.57. The highest BCUT2D eigenvalue weighted by Crippen LogP contribution is 2.26. The van der Waals surface area contributed by atoms with Crippen molar-refractivity contribution in [1.82, 2.24) is 9.88 Å². The lowest BCUT2D eigenvalue weighted by Crippen LogP contribution is -2.35. The van der Waals surface area contributed by atoms with Crippen molar-refractivity contribution in [2.75, 3.05) is 30.3 Å². The second kappa shape index (κ2) is 7.42. The number of urea groups is 1. The Morgan fingerprint density at radius 1 is 1.29 bits per heavy atom. The molecule has 126 valence electrons. The summed E-state index contributed by atoms with van der Waals surface area (Å²) in [4.78, 5) is 18.8. The lowest BCUT2D eigenvalue weighted by atomic mass is 9.98. The number of amides is 2. The van der Waals surface area contributed by atoms with Crippen molar-refractivity contribution in [3.63, 3.8) is 0 Å². The largest absolute Gasteiger partial charge is 0.329 e. The van der Waals surface area contributed by atoms with E-state index >= 15 is 0 Å². The summed E-state index contributed by atoms with van der Waals surface area (Å²) in [5.41, 5.74) is 10.6. The maximum Gasteiger partial charge on any atom is 0.323 e. The number of fused-ring (bicyclic) bond motifs is 1. The Labute approximate surface area is 142 Å². The number of rotatable bonds is 4. The van der Waals surface area contributed by atoms with Crippen LogP contribution >= 0.6 is 0 Å². The van der Waals surface area contributed by atoms with Crippen molar-refractivity contribution >= 4 is 17.4 Å². The summed E-state index contributed by atoms with van der Waals surface area (Å²) in [5.74, 6) is 0. The van der Waals surface area contributed by atoms with Crippen molar-refractivity contribution < 1.29 is 4.79 Å². The summed E-state index contributed by atoms with van der Waals surface area (Å²) in [6.45, 7) is 5.32. The van der Waals surface area contributed by atoms with Crippen LogP contribution in [0.3, 0.4) is 0 Å². The highest BCUT2D eigenvalue weighted by Gasteiger charge is 2.19. The van der Waals surface area contributed by atoms with Crippen LogP contribution in [0, 0.1) is 6.92 Å². The SMILES string of the molecule is Cc1ccc(NC(=O)Nc2cccc3c2CCN(CCN)C3)cn1. The van der Waals surface area contributed by atoms with Crippen LogP contribution in [-0.2, 0) is 13.0 Å². The third-order valence-electron chi connectivity index (χ3n) is 4.21. The number of nitrogens with zero attached hydrogens (tertiary/aromatic N) is 2. The van der Waals surface area contributed by atoms with Gasteiger partial charge in [-0.3, -0.25) is 9.88 Å². The fourth-order valence-corrected chi connectivity index (χ4v) is 2.98. The van der Waals surface area contributed by atoms with Gasteiger partial charge < -0.3 is 16.4 Å². The van der Waals surface area contributed by atoms with Crippen LogP contribution in [-0.4, -0.2) is 35.5 Å². The molecular weight excluding hydrogens is 302 g/mol. The van der Waals surface area contributed by atoms with E-state index in [4.69, 9.17) is 5.73 Å². The normalized spacial score (nSPS) is 14.1. The molecule has 24 heavy (non-hydrogen) atoms. The van der Waals surface area contributed by atoms with E-state index in [0.717, 1.165) is 37.4 Å². The molecular formula is C18H23N5O. The summed E-state index contributed by atoms with van der Waals surface area (Å²) in [6, 6.07) is 9.50. The van der Waals surface area contributed by atoms with Gasteiger partial charge in [0, 0.05) is 37.6 Å². The number of nitrogens with one attached hydrogen (secondary N) is 2. The molecule has 0 atom stereocenters. The second-order valence-electron chi connectivity index (χ2n) is 6.03. The Morgan fingerprint density at radius 3 is 2.92 bits per heavy atom. The van der Waals surface area contributed by atoms with E-state index in [2.05, 4.69) is 26.6 Å². The van der Waals surface area contributed by atoms with Gasteiger partial charge in [0.25, 0.3) is 0 Å². The zero-order valence-corrected chi connectivity index (χ0v) is 13.9. The Kier molecular flexibility index (Phi) is 5.08. The van der Waals surface area contributed by atoms with Crippen molar-refractivity contribution in [3.05, 3.63) is 53.3 Å². The Balaban J connectivity index is 1.68. The standard InChI is InChI=1S/C18H23N5O/c1-13-5-6-15(11-20-13)21-18(24)22-17-4-2-3-14-12-23(10-8-19)9-7-16(14)17/h2-6,11H,7-10,12,19H2,1H3,(H2,21,22,24). The van der Waals surface area contributed by atoms with E-state index in [1.54, 1.807) is 6.20 Å². The third-order valence-corrected chi connectivity index (χ3v) is 4.21. The fourth-order valence-electron chi connectivity index (χ4n) is 2.98. The minimum atomic E-state index is -0.251. The van der Waals surface area contributed by atoms with E-state index < -0.39 is 0 Å². The molecule has 1 aliphatic heterocycles. The van der Waals surface area contributed by atoms with Gasteiger partial charge in [-0.1, -0.05) is 12.1 Å². The van der Waals surface area contributed by atoms with Crippen molar-refractivity contribution in [1.29, 1.82) is 0 Å². The van der Waals surface area contributed by atoms with Crippen LogP contribution in [0.25, 0.3) is 0 Å². The average Bonchev–Trinajstić information content (AvgIpc) is 2.57. The summed E-state index contributed by atoms with van der Waals surface area (Å²) < 4.78 is 0. The van der Waals surface area contributed by atoms with Crippen LogP contribution in [0.5, 0.6) is 0 Å². The van der Waals surface area contributed by atoms with Crippen LogP contribution in [0.15, 0.2) is 36.5 Å². The number of nitrogens with two attached hydrogens (primary N) is 1. The van der Waals surface area contributed by atoms with E-state index in [-0.39, 0.29) is 6.03 Å². The smallest absolute Gasteiger partial charge is 0.323 e. The number of hydrogen-bond donors (Lipinski definition) is 3. The first-order valence-corrected chi connectivity index (χ1v) is 8.19. The number of carbonyl (C=O) groups is 1. The predicted octanol–water partition coefficient (Wildman–Crippen LogP) is 2.35. The minimum Gasteiger partial charge on any atom is -0.329 e. The lowest BCUT2D eigenvalue weighted by molar-refractivity contribution is 0.260. The summed E-state index contributed by atoms with van der Waals surface area (Å²) >= 11 is 0. The second-order valence-corrected chi connectivity index (χ2v) is 6.03. The summed E-state index contributed by atoms with van der Waals surface area (Å²) in [7, 11) is 0. The van der Waals surface area contributed by atoms with Gasteiger partial charge in [-0.25, -0.2) is 4.79 Å². The van der Waals surface area contributed by atoms with E-state index in [0.29, 0.717) is 12.2 Å². The van der Waals surface area contributed by atoms with Gasteiger partial charge in [0.05, 0.1) is 11.9 Å². The molecule has 0 fully saturated rings. The van der Waals surface area contributed by atoms with E-state index in [1.807, 2.05) is 31.2 Å². The molecule has 0 bridgehead atoms. The van der Waals surface area contributed by atoms with E-state index in [1.165, 1.54) is 11.1 Å². The molecule has 1 aromatic carbocycles. The molecule has 0 saturated carbocycles. The van der Waals surface area contributed by atoms with E-state index in [9.17, 15) is 4.79 Å². The number of carbonyl (C=O) groups excluding carboxylic acids is 1. The van der Waals surface area contributed by atoms with Gasteiger partial charge in [-0.2, -0.15) is 0 Å². The van der Waals surface area contributed by atoms with Gasteiger partial charge in [0.1, 0.15) is 0 Å². The van der Waals surface area contributed by atoms with Crippen LogP contribution in [0.1, 0.15) is 16.8 Å². The third kappa shape index (κ3) is 3.90. The maximum atomic E-state index is 12.2. The first-order chi connectivity index (χ1) is 11.7. The van der Waals surface area contributed by atoms with Gasteiger partial charge in [-0.15, -0.1) is 0 Å². The first kappa shape index (κ1) is 16.4. The molecule has 6 nitrogen and oxygen atoms in total. The average molecular weight is 325 g/mol. The minimum absolute atomic E-state index is 0.251. The van der Waals surface area contributed by atoms with Crippen molar-refractivity contribution in [2.24, 2.45) is 5.73 Å². The van der Waals surface area contributed by atoms with Crippen molar-refractivity contribution in [3.8, 4) is 0 Å². The molecule has 2 aromatic rings. The van der Waals surface area contributed by atoms with Crippen LogP contribution in [0.4, 0.5) is 16.2 Å². The van der Waals surface area contributed by atoms with Crippen LogP contribution < -0.4 is 16.4 Å². The molecule has 0 aliphatic carbocycles. The zero-order chi connectivity index (χ0) is 16.9. The van der Waals surface area contributed by atoms with Gasteiger partial charge in [0.2, 0.25) is 0 Å². The number of aromatic nitrogens is 1. The summed E-state index contributed by atoms with van der Waals surface area (Å²) in [5, 5.41) is 5.77. The quantitative estimate of drug-likeness (QED) is 0.806. The number of benzene rings is 1. The van der Waals surface area contributed by atoms with Crippen LogP contribution in [0.2, 0.25) is 0 Å². The number of anilines is 2. The number of pyridine rings is 1. The number of hydrogen-bond acceptors (Lipinski definition) is 4. The Hall–Kier alpha value is -2.44. The predicted molar refractivity (Wildman–Crippen MR) is 96.1 cm³/mol. The molecule has 6 heteroatoms. The molecule has 0 saturated heterocycles. The Morgan fingerprint density at radius 2 is 2.17 bits per heavy atom. The molecule has 4 N–H and O–H groups in total. The monoisotopic (exact) mass is 325 g/mol. The molecule has 3 rings (SSSR count). The topological polar surface area (TPSA) is 83.3 Å². The van der Waals surface area contributed by atoms with Crippen molar-refractivity contribution in [2.45, 2.75) is 19.9 Å². The first-order valence-electron chi connectivity index (χ1n) is 8.19. The van der Waals surface area contributed by atoms with Gasteiger partial charge in [-0.05, 0) is 42.7 Å². The molecule has 1 aliphatic rings. The Bertz CT molecular complexity index is 714. The van der Waals surface area contributed by atoms with Gasteiger partial charge in [0.15, 0.2) is 0 Å². The number of aryl methyl sites for hydroxylation is 1. The molecule has 0 spiro atoms. The zero-order valence-electron chi connectivity index (χ0n) is 13.9. The maximum absolute atomic E-state index is 12.2.